The zero-order valence-electron chi connectivity index (χ0n) is 7.67. The van der Waals surface area contributed by atoms with Crippen LogP contribution in [0.15, 0.2) is 10.7 Å². The van der Waals surface area contributed by atoms with Gasteiger partial charge in [-0.1, -0.05) is 0 Å². The van der Waals surface area contributed by atoms with Crippen molar-refractivity contribution in [1.29, 1.82) is 5.26 Å². The SMILES string of the molecule is N#CCc1nc(Br)c(CN)cc1C(F)F. The summed E-state index contributed by atoms with van der Waals surface area (Å²) in [6, 6.07) is 3.08. The standard InChI is InChI=1S/C9H8BrF2N3/c10-8-5(4-14)3-6(9(11)12)7(15-8)1-2-13/h3,9H,1,4,14H2. The molecule has 2 N–H and O–H groups in total. The Kier molecular flexibility index (Phi) is 4.12. The lowest BCUT2D eigenvalue weighted by Crippen LogP contribution is -2.05. The van der Waals surface area contributed by atoms with Crippen molar-refractivity contribution in [3.63, 3.8) is 0 Å². The number of nitrogens with two attached hydrogens (primary N) is 1. The summed E-state index contributed by atoms with van der Waals surface area (Å²) in [6.07, 6.45) is -2.78. The van der Waals surface area contributed by atoms with Crippen molar-refractivity contribution >= 4 is 15.9 Å². The summed E-state index contributed by atoms with van der Waals surface area (Å²) >= 11 is 3.12. The smallest absolute Gasteiger partial charge is 0.265 e. The molecule has 0 unspecified atom stereocenters. The lowest BCUT2D eigenvalue weighted by atomic mass is 10.1. The van der Waals surface area contributed by atoms with Crippen LogP contribution in [0, 0.1) is 11.3 Å². The number of nitrogens with zero attached hydrogens (tertiary/aromatic N) is 2. The Hall–Kier alpha value is -1.06. The Morgan fingerprint density at radius 2 is 2.27 bits per heavy atom. The van der Waals surface area contributed by atoms with E-state index in [9.17, 15) is 8.78 Å². The van der Waals surface area contributed by atoms with E-state index < -0.39 is 6.43 Å². The van der Waals surface area contributed by atoms with Crippen LogP contribution in [0.5, 0.6) is 0 Å². The van der Waals surface area contributed by atoms with Crippen LogP contribution in [0.3, 0.4) is 0 Å². The predicted octanol–water partition coefficient (Wildman–Crippen LogP) is 2.31. The summed E-state index contributed by atoms with van der Waals surface area (Å²) in [7, 11) is 0. The number of hydrogen-bond donors (Lipinski definition) is 1. The minimum absolute atomic E-state index is 0.0941. The molecule has 15 heavy (non-hydrogen) atoms. The molecule has 0 atom stereocenters. The van der Waals surface area contributed by atoms with Gasteiger partial charge >= 0.3 is 0 Å². The Bertz CT molecular complexity index is 401. The Balaban J connectivity index is 3.26. The molecule has 6 heteroatoms. The minimum atomic E-state index is -2.64. The van der Waals surface area contributed by atoms with Gasteiger partial charge in [0, 0.05) is 12.1 Å². The van der Waals surface area contributed by atoms with Crippen LogP contribution in [0.1, 0.15) is 23.2 Å². The van der Waals surface area contributed by atoms with Crippen LogP contribution in [-0.4, -0.2) is 4.98 Å². The van der Waals surface area contributed by atoms with Crippen LogP contribution in [-0.2, 0) is 13.0 Å². The zero-order chi connectivity index (χ0) is 11.4. The topological polar surface area (TPSA) is 62.7 Å². The van der Waals surface area contributed by atoms with E-state index in [1.54, 1.807) is 6.07 Å². The zero-order valence-corrected chi connectivity index (χ0v) is 9.26. The van der Waals surface area contributed by atoms with Gasteiger partial charge < -0.3 is 5.73 Å². The van der Waals surface area contributed by atoms with E-state index in [1.807, 2.05) is 0 Å². The average Bonchev–Trinajstić information content (AvgIpc) is 2.18. The molecule has 0 bridgehead atoms. The van der Waals surface area contributed by atoms with Crippen molar-refractivity contribution in [1.82, 2.24) is 4.98 Å². The second-order valence-corrected chi connectivity index (χ2v) is 3.57. The molecule has 0 aliphatic heterocycles. The van der Waals surface area contributed by atoms with Crippen molar-refractivity contribution in [2.24, 2.45) is 5.73 Å². The van der Waals surface area contributed by atoms with E-state index in [0.29, 0.717) is 10.2 Å². The molecular weight excluding hydrogens is 268 g/mol. The highest BCUT2D eigenvalue weighted by Gasteiger charge is 2.16. The third kappa shape index (κ3) is 2.70. The highest BCUT2D eigenvalue weighted by Crippen LogP contribution is 2.26. The number of halogens is 3. The van der Waals surface area contributed by atoms with Gasteiger partial charge in [-0.05, 0) is 27.6 Å². The quantitative estimate of drug-likeness (QED) is 0.861. The molecule has 3 nitrogen and oxygen atoms in total. The molecular formula is C9H8BrF2N3. The Labute approximate surface area is 94.0 Å². The van der Waals surface area contributed by atoms with E-state index in [1.165, 1.54) is 6.07 Å². The average molecular weight is 276 g/mol. The van der Waals surface area contributed by atoms with Crippen molar-refractivity contribution in [3.05, 3.63) is 27.5 Å². The highest BCUT2D eigenvalue weighted by atomic mass is 79.9. The molecule has 0 radical (unpaired) electrons. The van der Waals surface area contributed by atoms with Gasteiger partial charge in [-0.2, -0.15) is 5.26 Å². The number of hydrogen-bond acceptors (Lipinski definition) is 3. The number of aromatic nitrogens is 1. The molecule has 0 saturated carbocycles. The van der Waals surface area contributed by atoms with Gasteiger partial charge in [-0.15, -0.1) is 0 Å². The summed E-state index contributed by atoms with van der Waals surface area (Å²) in [5.74, 6) is 0. The van der Waals surface area contributed by atoms with E-state index in [2.05, 4.69) is 20.9 Å². The Morgan fingerprint density at radius 1 is 1.60 bits per heavy atom. The summed E-state index contributed by atoms with van der Waals surface area (Å²) < 4.78 is 25.6. The first-order valence-electron chi connectivity index (χ1n) is 4.13. The maximum atomic E-state index is 12.6. The molecule has 0 fully saturated rings. The third-order valence-corrected chi connectivity index (χ3v) is 2.55. The van der Waals surface area contributed by atoms with Crippen molar-refractivity contribution in [2.45, 2.75) is 19.4 Å². The molecule has 0 aromatic carbocycles. The highest BCUT2D eigenvalue weighted by molar-refractivity contribution is 9.10. The molecule has 0 spiro atoms. The summed E-state index contributed by atoms with van der Waals surface area (Å²) in [5.41, 5.74) is 5.74. The van der Waals surface area contributed by atoms with Crippen LogP contribution >= 0.6 is 15.9 Å². The normalized spacial score (nSPS) is 10.4. The molecule has 0 aliphatic rings. The van der Waals surface area contributed by atoms with Crippen molar-refractivity contribution < 1.29 is 8.78 Å². The van der Waals surface area contributed by atoms with Crippen molar-refractivity contribution in [3.8, 4) is 6.07 Å². The van der Waals surface area contributed by atoms with E-state index in [-0.39, 0.29) is 24.2 Å². The van der Waals surface area contributed by atoms with E-state index in [4.69, 9.17) is 11.0 Å². The lowest BCUT2D eigenvalue weighted by Gasteiger charge is -2.09. The monoisotopic (exact) mass is 275 g/mol. The second kappa shape index (κ2) is 5.14. The first-order chi connectivity index (χ1) is 7.10. The number of pyridine rings is 1. The van der Waals surface area contributed by atoms with E-state index >= 15 is 0 Å². The van der Waals surface area contributed by atoms with Gasteiger partial charge in [0.05, 0.1) is 18.2 Å². The molecule has 1 aromatic heterocycles. The first kappa shape index (κ1) is 12.0. The molecule has 0 amide bonds. The van der Waals surface area contributed by atoms with Crippen LogP contribution in [0.25, 0.3) is 0 Å². The van der Waals surface area contributed by atoms with Gasteiger partial charge in [0.1, 0.15) is 4.60 Å². The third-order valence-electron chi connectivity index (χ3n) is 1.86. The van der Waals surface area contributed by atoms with Gasteiger partial charge in [-0.25, -0.2) is 13.8 Å². The van der Waals surface area contributed by atoms with Gasteiger partial charge in [-0.3, -0.25) is 0 Å². The number of rotatable bonds is 3. The summed E-state index contributed by atoms with van der Waals surface area (Å²) in [5, 5.41) is 8.47. The van der Waals surface area contributed by atoms with E-state index in [0.717, 1.165) is 0 Å². The minimum Gasteiger partial charge on any atom is -0.326 e. The fraction of sp³-hybridized carbons (Fsp3) is 0.333. The maximum absolute atomic E-state index is 12.6. The Morgan fingerprint density at radius 3 is 2.73 bits per heavy atom. The van der Waals surface area contributed by atoms with Crippen LogP contribution < -0.4 is 5.73 Å². The number of alkyl halides is 2. The van der Waals surface area contributed by atoms with Crippen molar-refractivity contribution in [2.75, 3.05) is 0 Å². The second-order valence-electron chi connectivity index (χ2n) is 2.81. The molecule has 1 aromatic rings. The molecule has 0 aliphatic carbocycles. The van der Waals surface area contributed by atoms with Crippen LogP contribution in [0.4, 0.5) is 8.78 Å². The lowest BCUT2D eigenvalue weighted by molar-refractivity contribution is 0.149. The summed E-state index contributed by atoms with van der Waals surface area (Å²) in [4.78, 5) is 3.89. The largest absolute Gasteiger partial charge is 0.326 e. The maximum Gasteiger partial charge on any atom is 0.265 e. The van der Waals surface area contributed by atoms with Gasteiger partial charge in [0.15, 0.2) is 0 Å². The predicted molar refractivity (Wildman–Crippen MR) is 54.1 cm³/mol. The first-order valence-corrected chi connectivity index (χ1v) is 4.92. The van der Waals surface area contributed by atoms with Gasteiger partial charge in [0.25, 0.3) is 6.43 Å². The molecule has 1 rings (SSSR count). The van der Waals surface area contributed by atoms with Crippen LogP contribution in [0.2, 0.25) is 0 Å². The fourth-order valence-corrected chi connectivity index (χ4v) is 1.62. The molecule has 0 saturated heterocycles. The molecule has 80 valence electrons. The fourth-order valence-electron chi connectivity index (χ4n) is 1.13. The summed E-state index contributed by atoms with van der Waals surface area (Å²) in [6.45, 7) is 0.125. The molecule has 1 heterocycles. The van der Waals surface area contributed by atoms with Gasteiger partial charge in [0.2, 0.25) is 0 Å². The number of nitriles is 1.